The van der Waals surface area contributed by atoms with E-state index in [0.29, 0.717) is 11.5 Å². The number of allylic oxidation sites excluding steroid dienone is 2. The molecule has 0 radical (unpaired) electrons. The highest BCUT2D eigenvalue weighted by Gasteiger charge is 2.14. The number of nitrogens with one attached hydrogen (secondary N) is 1. The topological polar surface area (TPSA) is 48.2 Å². The quantitative estimate of drug-likeness (QED) is 0.608. The average molecular weight is 266 g/mol. The van der Waals surface area contributed by atoms with Gasteiger partial charge in [0.2, 0.25) is 0 Å². The molecule has 1 rings (SSSR count). The van der Waals surface area contributed by atoms with E-state index in [-0.39, 0.29) is 5.17 Å². The maximum absolute atomic E-state index is 9.08. The first-order chi connectivity index (χ1) is 8.69. The first-order valence-corrected chi connectivity index (χ1v) is 6.76. The van der Waals surface area contributed by atoms with Gasteiger partial charge in [-0.05, 0) is 25.7 Å². The van der Waals surface area contributed by atoms with Crippen LogP contribution in [0.15, 0.2) is 29.0 Å². The Hall–Kier alpha value is -1.27. The number of nitrogens with zero attached hydrogens (tertiary/aromatic N) is 2. The molecule has 1 aliphatic rings. The second-order valence-corrected chi connectivity index (χ2v) is 4.96. The van der Waals surface area contributed by atoms with Gasteiger partial charge in [-0.25, -0.2) is 4.99 Å². The molecule has 3 nitrogen and oxygen atoms in total. The van der Waals surface area contributed by atoms with E-state index < -0.39 is 0 Å². The third-order valence-electron chi connectivity index (χ3n) is 3.28. The molecular formula is C14H20ClN3. The SMILES string of the molecule is C=C/N=C(Cl)\C(C#N)=C(/C)NCC1CCCCC1. The van der Waals surface area contributed by atoms with Gasteiger partial charge in [-0.3, -0.25) is 0 Å². The lowest BCUT2D eigenvalue weighted by Crippen LogP contribution is -2.24. The number of aliphatic imine (C=N–C) groups is 1. The van der Waals surface area contributed by atoms with Crippen molar-refractivity contribution >= 4 is 16.8 Å². The highest BCUT2D eigenvalue weighted by molar-refractivity contribution is 6.70. The second kappa shape index (κ2) is 7.94. The predicted molar refractivity (Wildman–Crippen MR) is 76.4 cm³/mol. The fourth-order valence-electron chi connectivity index (χ4n) is 2.21. The minimum absolute atomic E-state index is 0.196. The van der Waals surface area contributed by atoms with Crippen molar-refractivity contribution in [1.29, 1.82) is 5.26 Å². The van der Waals surface area contributed by atoms with Crippen LogP contribution in [0, 0.1) is 17.2 Å². The zero-order valence-electron chi connectivity index (χ0n) is 10.9. The van der Waals surface area contributed by atoms with Crippen LogP contribution < -0.4 is 5.32 Å². The van der Waals surface area contributed by atoms with Gasteiger partial charge in [-0.2, -0.15) is 5.26 Å². The van der Waals surface area contributed by atoms with Crippen LogP contribution in [0.1, 0.15) is 39.0 Å². The molecule has 0 unspecified atom stereocenters. The van der Waals surface area contributed by atoms with Crippen LogP contribution in [0.25, 0.3) is 0 Å². The van der Waals surface area contributed by atoms with Crippen molar-refractivity contribution in [3.05, 3.63) is 24.0 Å². The number of nitriles is 1. The van der Waals surface area contributed by atoms with Gasteiger partial charge in [0.15, 0.2) is 0 Å². The molecule has 0 aliphatic heterocycles. The summed E-state index contributed by atoms with van der Waals surface area (Å²) in [6, 6.07) is 2.08. The summed E-state index contributed by atoms with van der Waals surface area (Å²) >= 11 is 5.92. The summed E-state index contributed by atoms with van der Waals surface area (Å²) in [5, 5.41) is 12.6. The van der Waals surface area contributed by atoms with Gasteiger partial charge in [-0.15, -0.1) is 0 Å². The van der Waals surface area contributed by atoms with Crippen molar-refractivity contribution in [2.75, 3.05) is 6.54 Å². The lowest BCUT2D eigenvalue weighted by Gasteiger charge is -2.22. The molecule has 0 aromatic rings. The molecule has 98 valence electrons. The Labute approximate surface area is 114 Å². The zero-order chi connectivity index (χ0) is 13.4. The molecule has 0 heterocycles. The monoisotopic (exact) mass is 265 g/mol. The fraction of sp³-hybridized carbons (Fsp3) is 0.571. The molecular weight excluding hydrogens is 246 g/mol. The van der Waals surface area contributed by atoms with Gasteiger partial charge in [0.25, 0.3) is 0 Å². The summed E-state index contributed by atoms with van der Waals surface area (Å²) in [5.41, 5.74) is 1.19. The maximum Gasteiger partial charge on any atom is 0.148 e. The highest BCUT2D eigenvalue weighted by Crippen LogP contribution is 2.23. The normalized spacial score (nSPS) is 18.8. The van der Waals surface area contributed by atoms with Crippen LogP contribution in [0.2, 0.25) is 0 Å². The van der Waals surface area contributed by atoms with Crippen LogP contribution in [0.5, 0.6) is 0 Å². The van der Waals surface area contributed by atoms with Crippen molar-refractivity contribution in [3.8, 4) is 6.07 Å². The smallest absolute Gasteiger partial charge is 0.148 e. The van der Waals surface area contributed by atoms with Crippen LogP contribution in [0.4, 0.5) is 0 Å². The summed E-state index contributed by atoms with van der Waals surface area (Å²) in [6.07, 6.45) is 7.88. The van der Waals surface area contributed by atoms with Crippen LogP contribution in [0.3, 0.4) is 0 Å². The summed E-state index contributed by atoms with van der Waals surface area (Å²) in [5.74, 6) is 0.712. The third-order valence-corrected chi connectivity index (χ3v) is 3.56. The predicted octanol–water partition coefficient (Wildman–Crippen LogP) is 3.73. The number of hydrogen-bond acceptors (Lipinski definition) is 3. The van der Waals surface area contributed by atoms with Gasteiger partial charge in [0.05, 0.1) is 0 Å². The number of halogens is 1. The lowest BCUT2D eigenvalue weighted by molar-refractivity contribution is 0.351. The Balaban J connectivity index is 2.60. The van der Waals surface area contributed by atoms with E-state index >= 15 is 0 Å². The van der Waals surface area contributed by atoms with E-state index in [1.54, 1.807) is 0 Å². The molecule has 1 saturated carbocycles. The molecule has 4 heteroatoms. The van der Waals surface area contributed by atoms with Crippen molar-refractivity contribution in [2.45, 2.75) is 39.0 Å². The van der Waals surface area contributed by atoms with Crippen molar-refractivity contribution in [2.24, 2.45) is 10.9 Å². The zero-order valence-corrected chi connectivity index (χ0v) is 11.6. The molecule has 0 atom stereocenters. The molecule has 0 spiro atoms. The van der Waals surface area contributed by atoms with Gasteiger partial charge < -0.3 is 5.32 Å². The fourth-order valence-corrected chi connectivity index (χ4v) is 2.46. The Morgan fingerprint density at radius 3 is 2.72 bits per heavy atom. The molecule has 1 N–H and O–H groups in total. The van der Waals surface area contributed by atoms with E-state index in [1.807, 2.05) is 6.92 Å². The standard InChI is InChI=1S/C14H20ClN3/c1-3-17-14(15)13(9-16)11(2)18-10-12-7-5-4-6-8-12/h3,12,18H,1,4-8,10H2,2H3/b13-11+,17-14+. The molecule has 0 aromatic heterocycles. The van der Waals surface area contributed by atoms with E-state index in [0.717, 1.165) is 12.2 Å². The summed E-state index contributed by atoms with van der Waals surface area (Å²) < 4.78 is 0. The van der Waals surface area contributed by atoms with E-state index in [2.05, 4.69) is 23.0 Å². The van der Waals surface area contributed by atoms with Gasteiger partial charge in [0, 0.05) is 18.4 Å². The Morgan fingerprint density at radius 2 is 2.17 bits per heavy atom. The van der Waals surface area contributed by atoms with Crippen LogP contribution in [-0.4, -0.2) is 11.7 Å². The van der Waals surface area contributed by atoms with E-state index in [1.165, 1.54) is 38.3 Å². The molecule has 1 aliphatic carbocycles. The van der Waals surface area contributed by atoms with Gasteiger partial charge in [0.1, 0.15) is 16.8 Å². The largest absolute Gasteiger partial charge is 0.387 e. The van der Waals surface area contributed by atoms with E-state index in [9.17, 15) is 0 Å². The van der Waals surface area contributed by atoms with Gasteiger partial charge in [-0.1, -0.05) is 37.4 Å². The Bertz CT molecular complexity index is 384. The van der Waals surface area contributed by atoms with Crippen molar-refractivity contribution < 1.29 is 0 Å². The lowest BCUT2D eigenvalue weighted by atomic mass is 9.89. The van der Waals surface area contributed by atoms with Crippen LogP contribution in [-0.2, 0) is 0 Å². The molecule has 0 amide bonds. The molecule has 18 heavy (non-hydrogen) atoms. The first kappa shape index (κ1) is 14.8. The molecule has 0 bridgehead atoms. The second-order valence-electron chi connectivity index (χ2n) is 4.60. The average Bonchev–Trinajstić information content (AvgIpc) is 2.39. The molecule has 1 fully saturated rings. The maximum atomic E-state index is 9.08. The summed E-state index contributed by atoms with van der Waals surface area (Å²) in [4.78, 5) is 3.84. The minimum atomic E-state index is 0.196. The van der Waals surface area contributed by atoms with Crippen LogP contribution >= 0.6 is 11.6 Å². The van der Waals surface area contributed by atoms with Gasteiger partial charge >= 0.3 is 0 Å². The van der Waals surface area contributed by atoms with Crippen molar-refractivity contribution in [1.82, 2.24) is 5.32 Å². The Morgan fingerprint density at radius 1 is 1.50 bits per heavy atom. The number of rotatable bonds is 5. The first-order valence-electron chi connectivity index (χ1n) is 6.38. The summed E-state index contributed by atoms with van der Waals surface area (Å²) in [7, 11) is 0. The molecule has 0 saturated heterocycles. The minimum Gasteiger partial charge on any atom is -0.387 e. The highest BCUT2D eigenvalue weighted by atomic mass is 35.5. The number of hydrogen-bond donors (Lipinski definition) is 1. The third kappa shape index (κ3) is 4.54. The van der Waals surface area contributed by atoms with Crippen molar-refractivity contribution in [3.63, 3.8) is 0 Å². The van der Waals surface area contributed by atoms with E-state index in [4.69, 9.17) is 16.9 Å². The molecule has 0 aromatic carbocycles. The summed E-state index contributed by atoms with van der Waals surface area (Å²) in [6.45, 7) is 6.25. The Kier molecular flexibility index (Phi) is 6.53.